The minimum atomic E-state index is -0.326. The molecule has 14 nitrogen and oxygen atoms in total. The third-order valence-corrected chi connectivity index (χ3v) is 13.3. The first kappa shape index (κ1) is 48.4. The van der Waals surface area contributed by atoms with Gasteiger partial charge in [-0.15, -0.1) is 0 Å². The topological polar surface area (TPSA) is 160 Å². The maximum atomic E-state index is 13.3. The second-order valence-electron chi connectivity index (χ2n) is 17.9. The highest BCUT2D eigenvalue weighted by atomic mass is 16.2. The first-order valence-electron chi connectivity index (χ1n) is 24.3. The fourth-order valence-electron chi connectivity index (χ4n) is 9.66. The van der Waals surface area contributed by atoms with Gasteiger partial charge in [-0.05, 0) is 99.9 Å². The van der Waals surface area contributed by atoms with Crippen LogP contribution in [0, 0.1) is 6.92 Å². The summed E-state index contributed by atoms with van der Waals surface area (Å²) < 4.78 is 0. The van der Waals surface area contributed by atoms with Crippen molar-refractivity contribution in [2.24, 2.45) is 5.73 Å². The van der Waals surface area contributed by atoms with E-state index in [-0.39, 0.29) is 41.6 Å². The fourth-order valence-corrected chi connectivity index (χ4v) is 9.66. The molecule has 1 unspecified atom stereocenters. The lowest BCUT2D eigenvalue weighted by atomic mass is 10.0. The summed E-state index contributed by atoms with van der Waals surface area (Å²) in [5.74, 6) is 1.32. The van der Waals surface area contributed by atoms with Gasteiger partial charge in [-0.2, -0.15) is 4.98 Å². The summed E-state index contributed by atoms with van der Waals surface area (Å²) in [6.07, 6.45) is 12.9. The number of nitrogens with one attached hydrogen (secondary N) is 2. The molecule has 1 saturated carbocycles. The number of hydrazine groups is 1. The van der Waals surface area contributed by atoms with E-state index in [1.54, 1.807) is 0 Å². The van der Waals surface area contributed by atoms with Gasteiger partial charge in [-0.3, -0.25) is 29.6 Å². The van der Waals surface area contributed by atoms with Crippen LogP contribution in [0.15, 0.2) is 48.7 Å². The minimum Gasteiger partial charge on any atom is -0.369 e. The molecule has 2 saturated heterocycles. The monoisotopic (exact) mass is 879 g/mol. The Morgan fingerprint density at radius 2 is 1.62 bits per heavy atom. The van der Waals surface area contributed by atoms with Crippen LogP contribution in [0.5, 0.6) is 0 Å². The largest absolute Gasteiger partial charge is 0.369 e. The number of benzene rings is 2. The number of aromatic nitrogens is 2. The van der Waals surface area contributed by atoms with Gasteiger partial charge in [-0.25, -0.2) is 9.99 Å². The van der Waals surface area contributed by atoms with Crippen LogP contribution in [0.4, 0.5) is 23.1 Å². The van der Waals surface area contributed by atoms with Crippen molar-refractivity contribution in [3.63, 3.8) is 0 Å². The Kier molecular flexibility index (Phi) is 17.2. The molecule has 1 spiro atoms. The SMILES string of the molecule is CC.CCCC(CCN)Nc1ncc2c(n1)N(C(CCC)CCC)C(=O)C21CC1.Cc1cccc(N2CC(N3CCN(c4ccc5c(c4)CN(NC(=O)CCCC=O)C5=O)CC3)C2)c1. The normalized spacial score (nSPS) is 17.9. The van der Waals surface area contributed by atoms with E-state index in [0.29, 0.717) is 43.5 Å². The predicted molar refractivity (Wildman–Crippen MR) is 257 cm³/mol. The first-order valence-corrected chi connectivity index (χ1v) is 24.3. The molecule has 0 radical (unpaired) electrons. The number of hydrogen-bond acceptors (Lipinski definition) is 11. The zero-order chi connectivity index (χ0) is 45.8. The van der Waals surface area contributed by atoms with E-state index in [2.05, 4.69) is 88.5 Å². The number of aryl methyl sites for hydroxylation is 1. The van der Waals surface area contributed by atoms with Crippen molar-refractivity contribution in [2.75, 3.05) is 65.8 Å². The van der Waals surface area contributed by atoms with Gasteiger partial charge in [0.1, 0.15) is 12.1 Å². The van der Waals surface area contributed by atoms with E-state index < -0.39 is 0 Å². The number of hydrogen-bond donors (Lipinski definition) is 3. The number of anilines is 4. The van der Waals surface area contributed by atoms with Crippen molar-refractivity contribution in [1.82, 2.24) is 25.3 Å². The van der Waals surface area contributed by atoms with Gasteiger partial charge in [0, 0.05) is 98.9 Å². The maximum absolute atomic E-state index is 13.3. The summed E-state index contributed by atoms with van der Waals surface area (Å²) in [6.45, 7) is 19.9. The van der Waals surface area contributed by atoms with E-state index in [4.69, 9.17) is 10.7 Å². The van der Waals surface area contributed by atoms with Gasteiger partial charge in [0.15, 0.2) is 0 Å². The molecule has 348 valence electrons. The second kappa shape index (κ2) is 22.7. The average molecular weight is 879 g/mol. The van der Waals surface area contributed by atoms with Gasteiger partial charge in [0.25, 0.3) is 5.91 Å². The lowest BCUT2D eigenvalue weighted by molar-refractivity contribution is -0.125. The summed E-state index contributed by atoms with van der Waals surface area (Å²) in [5, 5.41) is 4.84. The summed E-state index contributed by atoms with van der Waals surface area (Å²) >= 11 is 0. The van der Waals surface area contributed by atoms with Crippen molar-refractivity contribution in [1.29, 1.82) is 0 Å². The van der Waals surface area contributed by atoms with Crippen molar-refractivity contribution < 1.29 is 19.2 Å². The summed E-state index contributed by atoms with van der Waals surface area (Å²) in [5.41, 5.74) is 14.5. The van der Waals surface area contributed by atoms with Crippen LogP contribution in [-0.4, -0.2) is 108 Å². The Balaban J connectivity index is 0.000000211. The third kappa shape index (κ3) is 11.0. The highest BCUT2D eigenvalue weighted by Crippen LogP contribution is 2.57. The van der Waals surface area contributed by atoms with Crippen LogP contribution in [0.1, 0.15) is 139 Å². The van der Waals surface area contributed by atoms with E-state index >= 15 is 0 Å². The first-order chi connectivity index (χ1) is 31.1. The quantitative estimate of drug-likeness (QED) is 0.0830. The average Bonchev–Trinajstić information content (AvgIpc) is 3.98. The molecule has 3 amide bonds. The van der Waals surface area contributed by atoms with E-state index in [1.165, 1.54) is 16.3 Å². The van der Waals surface area contributed by atoms with Gasteiger partial charge >= 0.3 is 0 Å². The Morgan fingerprint density at radius 1 is 0.922 bits per heavy atom. The van der Waals surface area contributed by atoms with Crippen molar-refractivity contribution in [3.8, 4) is 0 Å². The van der Waals surface area contributed by atoms with Crippen molar-refractivity contribution in [2.45, 2.75) is 149 Å². The van der Waals surface area contributed by atoms with Crippen LogP contribution >= 0.6 is 0 Å². The highest BCUT2D eigenvalue weighted by molar-refractivity contribution is 6.09. The number of unbranched alkanes of at least 4 members (excludes halogenated alkanes) is 1. The molecule has 0 bridgehead atoms. The van der Waals surface area contributed by atoms with Crippen LogP contribution in [0.2, 0.25) is 0 Å². The maximum Gasteiger partial charge on any atom is 0.272 e. The molecule has 1 atom stereocenters. The van der Waals surface area contributed by atoms with E-state index in [1.807, 2.05) is 37.1 Å². The van der Waals surface area contributed by atoms with Crippen LogP contribution in [-0.2, 0) is 26.3 Å². The predicted octanol–water partition coefficient (Wildman–Crippen LogP) is 7.14. The molecule has 8 rings (SSSR count). The second-order valence-corrected chi connectivity index (χ2v) is 17.9. The fraction of sp³-hybridized carbons (Fsp3) is 0.600. The Morgan fingerprint density at radius 3 is 2.27 bits per heavy atom. The molecule has 3 fully saturated rings. The minimum absolute atomic E-state index is 0.178. The van der Waals surface area contributed by atoms with Gasteiger partial charge in [-0.1, -0.05) is 66.0 Å². The zero-order valence-electron chi connectivity index (χ0n) is 39.4. The van der Waals surface area contributed by atoms with Crippen molar-refractivity contribution >= 4 is 47.1 Å². The van der Waals surface area contributed by atoms with Gasteiger partial charge < -0.3 is 25.6 Å². The van der Waals surface area contributed by atoms with E-state index in [0.717, 1.165) is 126 Å². The smallest absolute Gasteiger partial charge is 0.272 e. The highest BCUT2D eigenvalue weighted by Gasteiger charge is 2.61. The molecule has 64 heavy (non-hydrogen) atoms. The Hall–Kier alpha value is -5.08. The number of nitrogens with zero attached hydrogens (tertiary/aromatic N) is 7. The lowest BCUT2D eigenvalue weighted by Crippen LogP contribution is -2.63. The zero-order valence-corrected chi connectivity index (χ0v) is 39.4. The number of rotatable bonds is 19. The standard InChI is InChI=1S/C27H33N5O3.C21H35N5O.C2H6/c1-20-5-4-6-22(15-20)31-18-24(19-31)30-12-10-29(11-13-30)23-8-9-25-21(16-23)17-32(27(25)35)28-26(34)7-2-3-14-33;1-4-7-15(10-13-22)24-20-23-14-17-18(25-20)26(16(8-5-2)9-6-3)19(27)21(17)11-12-21;1-2/h4-6,8-9,14-16,24H,2-3,7,10-13,17-19H2,1H3,(H,28,34);14-16H,4-13,22H2,1-3H3,(H,23,24,25);1-2H3. The number of fused-ring (bicyclic) bond motifs is 3. The molecule has 4 aliphatic heterocycles. The molecule has 2 aromatic carbocycles. The Labute approximate surface area is 381 Å². The third-order valence-electron chi connectivity index (χ3n) is 13.3. The molecule has 1 aromatic heterocycles. The lowest BCUT2D eigenvalue weighted by Gasteiger charge is -2.49. The van der Waals surface area contributed by atoms with Gasteiger partial charge in [0.2, 0.25) is 17.8 Å². The number of carbonyl (C=O) groups is 4. The molecule has 4 N–H and O–H groups in total. The number of nitrogens with two attached hydrogens (primary N) is 1. The van der Waals surface area contributed by atoms with E-state index in [9.17, 15) is 19.2 Å². The molecule has 5 aliphatic rings. The molecular formula is C50H74N10O4. The van der Waals surface area contributed by atoms with Crippen LogP contribution < -0.4 is 31.2 Å². The molecule has 3 aromatic rings. The van der Waals surface area contributed by atoms with Crippen LogP contribution in [0.25, 0.3) is 0 Å². The molecular weight excluding hydrogens is 805 g/mol. The molecule has 5 heterocycles. The van der Waals surface area contributed by atoms with Crippen LogP contribution in [0.3, 0.4) is 0 Å². The summed E-state index contributed by atoms with van der Waals surface area (Å²) in [7, 11) is 0. The van der Waals surface area contributed by atoms with Crippen molar-refractivity contribution in [3.05, 3.63) is 70.9 Å². The summed E-state index contributed by atoms with van der Waals surface area (Å²) in [4.78, 5) is 67.4. The number of piperazine rings is 1. The number of aldehydes is 1. The number of amides is 3. The van der Waals surface area contributed by atoms with Gasteiger partial charge in [0.05, 0.1) is 12.0 Å². The Bertz CT molecular complexity index is 2030. The molecule has 1 aliphatic carbocycles. The number of carbonyl (C=O) groups excluding carboxylic acids is 4. The summed E-state index contributed by atoms with van der Waals surface area (Å²) in [6, 6.07) is 15.8. The molecule has 14 heteroatoms.